The monoisotopic (exact) mass is 528 g/mol. The van der Waals surface area contributed by atoms with Gasteiger partial charge in [-0.1, -0.05) is 62.4 Å². The molecule has 39 heavy (non-hydrogen) atoms. The maximum Gasteiger partial charge on any atom is 0.295 e. The van der Waals surface area contributed by atoms with Gasteiger partial charge in [0.2, 0.25) is 0 Å². The van der Waals surface area contributed by atoms with E-state index >= 15 is 0 Å². The van der Waals surface area contributed by atoms with Crippen molar-refractivity contribution >= 4 is 17.4 Å². The van der Waals surface area contributed by atoms with E-state index < -0.39 is 17.7 Å². The molecule has 7 nitrogen and oxygen atoms in total. The van der Waals surface area contributed by atoms with Crippen molar-refractivity contribution in [3.8, 4) is 11.5 Å². The van der Waals surface area contributed by atoms with Crippen LogP contribution in [0.1, 0.15) is 43.5 Å². The van der Waals surface area contributed by atoms with Crippen LogP contribution in [0.4, 0.5) is 0 Å². The number of aliphatic hydroxyl groups is 1. The molecule has 1 heterocycles. The van der Waals surface area contributed by atoms with Crippen molar-refractivity contribution in [1.29, 1.82) is 0 Å². The van der Waals surface area contributed by atoms with Crippen LogP contribution in [0, 0.1) is 0 Å². The molecule has 1 saturated heterocycles. The van der Waals surface area contributed by atoms with Crippen LogP contribution in [0.3, 0.4) is 0 Å². The van der Waals surface area contributed by atoms with Gasteiger partial charge < -0.3 is 24.4 Å². The highest BCUT2D eigenvalue weighted by molar-refractivity contribution is 6.46. The summed E-state index contributed by atoms with van der Waals surface area (Å²) >= 11 is 0. The summed E-state index contributed by atoms with van der Waals surface area (Å²) < 4.78 is 11.7. The van der Waals surface area contributed by atoms with Crippen LogP contribution in [-0.4, -0.2) is 59.4 Å². The topological polar surface area (TPSA) is 79.3 Å². The van der Waals surface area contributed by atoms with Gasteiger partial charge in [-0.05, 0) is 55.9 Å². The van der Waals surface area contributed by atoms with Crippen LogP contribution in [0.15, 0.2) is 84.4 Å². The van der Waals surface area contributed by atoms with Gasteiger partial charge in [0.05, 0.1) is 18.2 Å². The maximum absolute atomic E-state index is 13.4. The smallest absolute Gasteiger partial charge is 0.295 e. The number of aliphatic hydroxyl groups excluding tert-OH is 1. The number of carbonyl (C=O) groups is 2. The Balaban J connectivity index is 1.69. The summed E-state index contributed by atoms with van der Waals surface area (Å²) in [4.78, 5) is 30.5. The molecule has 1 N–H and O–H groups in total. The lowest BCUT2D eigenvalue weighted by Crippen LogP contribution is -2.38. The molecule has 1 aliphatic rings. The average Bonchev–Trinajstić information content (AvgIpc) is 3.22. The molecule has 1 fully saturated rings. The fourth-order valence-corrected chi connectivity index (χ4v) is 4.82. The minimum atomic E-state index is -0.766. The summed E-state index contributed by atoms with van der Waals surface area (Å²) in [6.07, 6.45) is 0. The third-order valence-electron chi connectivity index (χ3n) is 6.98. The third kappa shape index (κ3) is 6.32. The van der Waals surface area contributed by atoms with Crippen molar-refractivity contribution in [1.82, 2.24) is 9.80 Å². The molecule has 1 amide bonds. The first-order valence-corrected chi connectivity index (χ1v) is 13.5. The largest absolute Gasteiger partial charge is 0.507 e. The van der Waals surface area contributed by atoms with Crippen LogP contribution in [-0.2, 0) is 16.2 Å². The first-order chi connectivity index (χ1) is 19.0. The Hall–Kier alpha value is -4.10. The number of Topliss-reactive ketones (excluding diaryl/α,β-unsaturated/α-hetero) is 1. The van der Waals surface area contributed by atoms with Gasteiger partial charge in [-0.25, -0.2) is 0 Å². The van der Waals surface area contributed by atoms with Crippen LogP contribution >= 0.6 is 0 Å². The number of ether oxygens (including phenoxy) is 2. The molecule has 0 spiro atoms. The minimum Gasteiger partial charge on any atom is -0.507 e. The fourth-order valence-electron chi connectivity index (χ4n) is 4.82. The average molecular weight is 529 g/mol. The molecule has 0 aromatic heterocycles. The lowest BCUT2D eigenvalue weighted by molar-refractivity contribution is -0.140. The van der Waals surface area contributed by atoms with E-state index in [2.05, 4.69) is 18.7 Å². The van der Waals surface area contributed by atoms with Crippen molar-refractivity contribution in [3.63, 3.8) is 0 Å². The minimum absolute atomic E-state index is 0.0599. The first-order valence-electron chi connectivity index (χ1n) is 13.5. The summed E-state index contributed by atoms with van der Waals surface area (Å²) in [5.41, 5.74) is 2.21. The maximum atomic E-state index is 13.4. The van der Waals surface area contributed by atoms with Crippen LogP contribution in [0.5, 0.6) is 11.5 Å². The van der Waals surface area contributed by atoms with E-state index in [0.29, 0.717) is 48.9 Å². The Morgan fingerprint density at radius 2 is 1.54 bits per heavy atom. The van der Waals surface area contributed by atoms with E-state index in [4.69, 9.17) is 9.47 Å². The highest BCUT2D eigenvalue weighted by atomic mass is 16.5. The number of likely N-dealkylation sites (tertiary alicyclic amines) is 1. The zero-order valence-corrected chi connectivity index (χ0v) is 22.8. The lowest BCUT2D eigenvalue weighted by atomic mass is 9.94. The second-order valence-electron chi connectivity index (χ2n) is 9.29. The number of amides is 1. The summed E-state index contributed by atoms with van der Waals surface area (Å²) in [5.74, 6) is -0.330. The Morgan fingerprint density at radius 1 is 0.872 bits per heavy atom. The predicted molar refractivity (Wildman–Crippen MR) is 152 cm³/mol. The number of rotatable bonds is 12. The summed E-state index contributed by atoms with van der Waals surface area (Å²) in [5, 5.41) is 11.4. The van der Waals surface area contributed by atoms with E-state index in [-0.39, 0.29) is 11.3 Å². The molecule has 0 radical (unpaired) electrons. The molecule has 0 bridgehead atoms. The van der Waals surface area contributed by atoms with Crippen LogP contribution in [0.25, 0.3) is 5.76 Å². The second kappa shape index (κ2) is 13.1. The molecule has 204 valence electrons. The summed E-state index contributed by atoms with van der Waals surface area (Å²) in [6.45, 7) is 9.48. The number of para-hydroxylation sites is 1. The molecule has 1 unspecified atom stereocenters. The molecule has 0 aliphatic carbocycles. The fraction of sp³-hybridized carbons (Fsp3) is 0.312. The Labute approximate surface area is 230 Å². The molecule has 1 atom stereocenters. The summed E-state index contributed by atoms with van der Waals surface area (Å²) in [6, 6.07) is 23.3. The Bertz CT molecular complexity index is 1300. The Kier molecular flexibility index (Phi) is 9.39. The lowest BCUT2D eigenvalue weighted by Gasteiger charge is -2.29. The molecule has 3 aromatic rings. The number of carbonyl (C=O) groups excluding carboxylic acids is 2. The third-order valence-corrected chi connectivity index (χ3v) is 6.98. The van der Waals surface area contributed by atoms with E-state index in [0.717, 1.165) is 18.7 Å². The highest BCUT2D eigenvalue weighted by Crippen LogP contribution is 2.42. The number of likely N-dealkylation sites (N-methyl/N-ethyl adjacent to an activating group) is 1. The van der Waals surface area contributed by atoms with Crippen molar-refractivity contribution in [3.05, 3.63) is 101 Å². The van der Waals surface area contributed by atoms with E-state index in [1.165, 1.54) is 0 Å². The van der Waals surface area contributed by atoms with Crippen molar-refractivity contribution in [2.24, 2.45) is 0 Å². The van der Waals surface area contributed by atoms with Crippen LogP contribution < -0.4 is 9.47 Å². The van der Waals surface area contributed by atoms with E-state index in [1.54, 1.807) is 29.2 Å². The summed E-state index contributed by atoms with van der Waals surface area (Å²) in [7, 11) is 0. The van der Waals surface area contributed by atoms with Gasteiger partial charge in [-0.3, -0.25) is 9.59 Å². The quantitative estimate of drug-likeness (QED) is 0.192. The van der Waals surface area contributed by atoms with Crippen molar-refractivity contribution in [2.45, 2.75) is 33.4 Å². The normalized spacial score (nSPS) is 16.6. The van der Waals surface area contributed by atoms with E-state index in [9.17, 15) is 14.7 Å². The van der Waals surface area contributed by atoms with Gasteiger partial charge in [0.25, 0.3) is 11.7 Å². The molecule has 3 aromatic carbocycles. The SMILES string of the molecule is CCOc1ccccc1C1/C(=C(\O)c2ccc(OCc3ccccc3)cc2)C(=O)C(=O)N1CCN(CC)CC. The molecule has 7 heteroatoms. The number of hydrogen-bond donors (Lipinski definition) is 1. The van der Waals surface area contributed by atoms with Crippen molar-refractivity contribution < 1.29 is 24.2 Å². The molecule has 1 aliphatic heterocycles. The van der Waals surface area contributed by atoms with Crippen molar-refractivity contribution in [2.75, 3.05) is 32.8 Å². The van der Waals surface area contributed by atoms with E-state index in [1.807, 2.05) is 61.5 Å². The molecular weight excluding hydrogens is 492 g/mol. The Morgan fingerprint density at radius 3 is 2.21 bits per heavy atom. The molecular formula is C32H36N2O5. The predicted octanol–water partition coefficient (Wildman–Crippen LogP) is 5.43. The zero-order chi connectivity index (χ0) is 27.8. The van der Waals surface area contributed by atoms with Gasteiger partial charge in [-0.2, -0.15) is 0 Å². The first kappa shape index (κ1) is 27.9. The zero-order valence-electron chi connectivity index (χ0n) is 22.8. The number of benzene rings is 3. The number of ketones is 1. The molecule has 0 saturated carbocycles. The van der Waals surface area contributed by atoms with Gasteiger partial charge in [-0.15, -0.1) is 0 Å². The number of hydrogen-bond acceptors (Lipinski definition) is 6. The number of nitrogens with zero attached hydrogens (tertiary/aromatic N) is 2. The van der Waals surface area contributed by atoms with Gasteiger partial charge in [0.1, 0.15) is 23.9 Å². The van der Waals surface area contributed by atoms with Crippen LogP contribution in [0.2, 0.25) is 0 Å². The van der Waals surface area contributed by atoms with Gasteiger partial charge >= 0.3 is 0 Å². The van der Waals surface area contributed by atoms with Gasteiger partial charge in [0, 0.05) is 24.2 Å². The highest BCUT2D eigenvalue weighted by Gasteiger charge is 2.47. The standard InChI is InChI=1S/C32H36N2O5/c1-4-33(5-2)20-21-34-29(26-14-10-11-15-27(26)38-6-3)28(31(36)32(34)37)30(35)24-16-18-25(19-17-24)39-22-23-12-8-7-9-13-23/h7-19,29,35H,4-6,20-22H2,1-3H3/b30-28+. The molecule has 4 rings (SSSR count). The second-order valence-corrected chi connectivity index (χ2v) is 9.29. The van der Waals surface area contributed by atoms with Gasteiger partial charge in [0.15, 0.2) is 0 Å².